The molecule has 5 heteroatoms. The largest absolute Gasteiger partial charge is 0.291 e. The summed E-state index contributed by atoms with van der Waals surface area (Å²) in [6.07, 6.45) is -0.311. The first-order chi connectivity index (χ1) is 11.8. The lowest BCUT2D eigenvalue weighted by Crippen LogP contribution is -2.03. The van der Waals surface area contributed by atoms with Crippen LogP contribution in [0.1, 0.15) is 22.5 Å². The lowest BCUT2D eigenvalue weighted by Gasteiger charge is -2.07. The van der Waals surface area contributed by atoms with E-state index in [0.717, 1.165) is 11.3 Å². The van der Waals surface area contributed by atoms with Crippen LogP contribution >= 0.6 is 0 Å². The normalized spacial score (nSPS) is 9.92. The van der Waals surface area contributed by atoms with Crippen molar-refractivity contribution < 1.29 is 4.79 Å². The zero-order valence-corrected chi connectivity index (χ0v) is 12.7. The number of rotatable bonds is 4. The molecule has 0 saturated heterocycles. The third-order valence-corrected chi connectivity index (χ3v) is 3.55. The molecule has 0 fully saturated rings. The summed E-state index contributed by atoms with van der Waals surface area (Å²) in [6, 6.07) is 22.5. The van der Waals surface area contributed by atoms with Gasteiger partial charge in [0.05, 0.1) is 17.5 Å². The van der Waals surface area contributed by atoms with Gasteiger partial charge in [-0.3, -0.25) is 4.79 Å². The van der Waals surface area contributed by atoms with Crippen LogP contribution in [0, 0.1) is 22.7 Å². The average Bonchev–Trinajstić information content (AvgIpc) is 3.03. The number of hydrogen-bond donors (Lipinski definition) is 0. The quantitative estimate of drug-likeness (QED) is 0.690. The third-order valence-electron chi connectivity index (χ3n) is 3.55. The number of ketones is 1. The number of para-hydroxylation sites is 1. The van der Waals surface area contributed by atoms with E-state index < -0.39 is 5.78 Å². The summed E-state index contributed by atoms with van der Waals surface area (Å²) in [4.78, 5) is 12.2. The van der Waals surface area contributed by atoms with Crippen molar-refractivity contribution in [2.24, 2.45) is 0 Å². The Kier molecular flexibility index (Phi) is 4.18. The summed E-state index contributed by atoms with van der Waals surface area (Å²) in [5, 5.41) is 22.7. The molecule has 0 radical (unpaired) electrons. The van der Waals surface area contributed by atoms with Crippen LogP contribution in [0.2, 0.25) is 0 Å². The van der Waals surface area contributed by atoms with E-state index in [1.165, 1.54) is 0 Å². The average molecular weight is 312 g/mol. The second-order valence-electron chi connectivity index (χ2n) is 5.06. The second-order valence-corrected chi connectivity index (χ2v) is 5.06. The first-order valence-corrected chi connectivity index (χ1v) is 7.30. The first kappa shape index (κ1) is 15.2. The maximum absolute atomic E-state index is 12.2. The molecule has 0 aliphatic heterocycles. The molecule has 3 aromatic rings. The summed E-state index contributed by atoms with van der Waals surface area (Å²) >= 11 is 0. The Morgan fingerprint density at radius 1 is 1.00 bits per heavy atom. The number of carbonyl (C=O) groups is 1. The van der Waals surface area contributed by atoms with E-state index in [4.69, 9.17) is 5.26 Å². The molecular formula is C19H12N4O. The lowest BCUT2D eigenvalue weighted by atomic mass is 10.0. The van der Waals surface area contributed by atoms with Gasteiger partial charge in [-0.1, -0.05) is 48.5 Å². The molecule has 0 amide bonds. The monoisotopic (exact) mass is 312 g/mol. The molecule has 3 rings (SSSR count). The molecular weight excluding hydrogens is 300 g/mol. The fraction of sp³-hybridized carbons (Fsp3) is 0.0526. The van der Waals surface area contributed by atoms with Crippen molar-refractivity contribution in [2.75, 3.05) is 0 Å². The van der Waals surface area contributed by atoms with E-state index in [1.54, 1.807) is 4.68 Å². The smallest absolute Gasteiger partial charge is 0.198 e. The Balaban J connectivity index is 2.31. The molecule has 5 nitrogen and oxygen atoms in total. The van der Waals surface area contributed by atoms with E-state index in [-0.39, 0.29) is 17.7 Å². The van der Waals surface area contributed by atoms with Crippen LogP contribution < -0.4 is 0 Å². The number of nitriles is 2. The van der Waals surface area contributed by atoms with Gasteiger partial charge in [0, 0.05) is 5.56 Å². The molecule has 0 atom stereocenters. The van der Waals surface area contributed by atoms with E-state index in [1.807, 2.05) is 66.7 Å². The number of carbonyl (C=O) groups excluding carboxylic acids is 1. The van der Waals surface area contributed by atoms with Gasteiger partial charge in [-0.15, -0.1) is 0 Å². The maximum atomic E-state index is 12.2. The zero-order valence-electron chi connectivity index (χ0n) is 12.7. The Morgan fingerprint density at radius 2 is 1.62 bits per heavy atom. The van der Waals surface area contributed by atoms with Gasteiger partial charge >= 0.3 is 0 Å². The van der Waals surface area contributed by atoms with Gasteiger partial charge in [0.1, 0.15) is 23.7 Å². The Bertz CT molecular complexity index is 960. The van der Waals surface area contributed by atoms with E-state index in [9.17, 15) is 10.1 Å². The van der Waals surface area contributed by atoms with E-state index in [2.05, 4.69) is 11.2 Å². The van der Waals surface area contributed by atoms with Gasteiger partial charge in [-0.05, 0) is 12.1 Å². The van der Waals surface area contributed by atoms with Gasteiger partial charge in [0.15, 0.2) is 5.78 Å². The maximum Gasteiger partial charge on any atom is 0.198 e. The van der Waals surface area contributed by atoms with Crippen LogP contribution in [0.5, 0.6) is 0 Å². The number of benzene rings is 2. The van der Waals surface area contributed by atoms with Crippen LogP contribution in [0.15, 0.2) is 60.7 Å². The van der Waals surface area contributed by atoms with Crippen molar-refractivity contribution >= 4 is 5.78 Å². The van der Waals surface area contributed by atoms with Gasteiger partial charge in [-0.2, -0.15) is 15.6 Å². The minimum Gasteiger partial charge on any atom is -0.291 e. The second kappa shape index (κ2) is 6.60. The van der Waals surface area contributed by atoms with Gasteiger partial charge in [0.25, 0.3) is 0 Å². The van der Waals surface area contributed by atoms with Crippen molar-refractivity contribution in [1.82, 2.24) is 9.78 Å². The number of aromatic nitrogens is 2. The highest BCUT2D eigenvalue weighted by Gasteiger charge is 2.24. The Labute approximate surface area is 139 Å². The molecule has 114 valence electrons. The van der Waals surface area contributed by atoms with Gasteiger partial charge in [-0.25, -0.2) is 4.68 Å². The van der Waals surface area contributed by atoms with E-state index >= 15 is 0 Å². The molecule has 0 spiro atoms. The van der Waals surface area contributed by atoms with Crippen molar-refractivity contribution in [3.05, 3.63) is 71.9 Å². The van der Waals surface area contributed by atoms with Crippen molar-refractivity contribution in [2.45, 2.75) is 6.42 Å². The predicted molar refractivity (Wildman–Crippen MR) is 88.3 cm³/mol. The number of hydrogen-bond acceptors (Lipinski definition) is 4. The predicted octanol–water partition coefficient (Wildman–Crippen LogP) is 3.51. The topological polar surface area (TPSA) is 82.5 Å². The first-order valence-electron chi connectivity index (χ1n) is 7.30. The fourth-order valence-electron chi connectivity index (χ4n) is 2.49. The van der Waals surface area contributed by atoms with Crippen LogP contribution in [0.4, 0.5) is 0 Å². The highest BCUT2D eigenvalue weighted by atomic mass is 16.1. The lowest BCUT2D eigenvalue weighted by molar-refractivity contribution is 0.0992. The number of nitrogens with zero attached hydrogens (tertiary/aromatic N) is 4. The minimum atomic E-state index is -0.457. The molecule has 0 aliphatic carbocycles. The van der Waals surface area contributed by atoms with Crippen molar-refractivity contribution in [3.63, 3.8) is 0 Å². The zero-order chi connectivity index (χ0) is 16.9. The highest BCUT2D eigenvalue weighted by Crippen LogP contribution is 2.29. The molecule has 0 aliphatic rings. The third kappa shape index (κ3) is 2.67. The van der Waals surface area contributed by atoms with E-state index in [0.29, 0.717) is 5.69 Å². The summed E-state index contributed by atoms with van der Waals surface area (Å²) < 4.78 is 1.58. The standard InChI is InChI=1S/C19H12N4O/c20-12-11-17(24)18-16(13-21)19(14-7-3-1-4-8-14)23(22-18)15-9-5-2-6-10-15/h1-10H,11H2. The van der Waals surface area contributed by atoms with Crippen LogP contribution in [-0.4, -0.2) is 15.6 Å². The van der Waals surface area contributed by atoms with Crippen molar-refractivity contribution in [1.29, 1.82) is 10.5 Å². The van der Waals surface area contributed by atoms with Crippen LogP contribution in [-0.2, 0) is 0 Å². The number of Topliss-reactive ketones (excluding diaryl/α,β-unsaturated/α-hetero) is 1. The molecule has 0 bridgehead atoms. The summed E-state index contributed by atoms with van der Waals surface area (Å²) in [7, 11) is 0. The molecule has 1 aromatic heterocycles. The molecule has 0 N–H and O–H groups in total. The molecule has 1 heterocycles. The molecule has 2 aromatic carbocycles. The SMILES string of the molecule is N#CCC(=O)c1nn(-c2ccccc2)c(-c2ccccc2)c1C#N. The molecule has 24 heavy (non-hydrogen) atoms. The van der Waals surface area contributed by atoms with Gasteiger partial charge in [0.2, 0.25) is 0 Å². The fourth-order valence-corrected chi connectivity index (χ4v) is 2.49. The van der Waals surface area contributed by atoms with Gasteiger partial charge < -0.3 is 0 Å². The summed E-state index contributed by atoms with van der Waals surface area (Å²) in [5.74, 6) is -0.457. The van der Waals surface area contributed by atoms with Crippen LogP contribution in [0.3, 0.4) is 0 Å². The summed E-state index contributed by atoms with van der Waals surface area (Å²) in [5.41, 5.74) is 2.28. The molecule has 0 saturated carbocycles. The minimum absolute atomic E-state index is 0.0294. The Hall–Kier alpha value is -3.70. The Morgan fingerprint density at radius 3 is 2.21 bits per heavy atom. The van der Waals surface area contributed by atoms with Crippen LogP contribution in [0.25, 0.3) is 16.9 Å². The molecule has 0 unspecified atom stereocenters. The van der Waals surface area contributed by atoms with Crippen molar-refractivity contribution in [3.8, 4) is 29.1 Å². The summed E-state index contributed by atoms with van der Waals surface area (Å²) in [6.45, 7) is 0. The highest BCUT2D eigenvalue weighted by molar-refractivity contribution is 5.99.